The maximum absolute atomic E-state index is 8.66. The van der Waals surface area contributed by atoms with Crippen LogP contribution in [0.25, 0.3) is 0 Å². The Kier molecular flexibility index (Phi) is 16.7. The summed E-state index contributed by atoms with van der Waals surface area (Å²) in [5.41, 5.74) is 0. The van der Waals surface area contributed by atoms with Crippen LogP contribution in [0.3, 0.4) is 0 Å². The number of phosphoric acid groups is 1. The Hall–Kier alpha value is 1.06. The van der Waals surface area contributed by atoms with Crippen LogP contribution in [0.15, 0.2) is 0 Å². The molecule has 0 spiro atoms. The third-order valence-electron chi connectivity index (χ3n) is 0. The van der Waals surface area contributed by atoms with E-state index in [9.17, 15) is 0 Å². The summed E-state index contributed by atoms with van der Waals surface area (Å²) < 4.78 is 25.6. The maximum atomic E-state index is 8.66. The van der Waals surface area contributed by atoms with Crippen molar-refractivity contribution in [2.24, 2.45) is 0 Å². The molecule has 0 unspecified atom stereocenters. The molecule has 0 aliphatic heterocycles. The zero-order valence-corrected chi connectivity index (χ0v) is 7.80. The molecule has 9 heavy (non-hydrogen) atoms. The minimum absolute atomic E-state index is 0. The second kappa shape index (κ2) is 9.06. The van der Waals surface area contributed by atoms with Gasteiger partial charge in [-0.3, -0.25) is 0 Å². The summed E-state index contributed by atoms with van der Waals surface area (Å²) in [7, 11) is -5.14. The van der Waals surface area contributed by atoms with Gasteiger partial charge in [-0.05, 0) is 0 Å². The van der Waals surface area contributed by atoms with E-state index in [-0.39, 0.29) is 23.1 Å². The molecule has 0 saturated carbocycles. The summed E-state index contributed by atoms with van der Waals surface area (Å²) in [6.45, 7) is 0. The average molecular weight is 203 g/mol. The van der Waals surface area contributed by atoms with E-state index in [2.05, 4.69) is 0 Å². The molecule has 0 saturated heterocycles. The first kappa shape index (κ1) is 16.6. The van der Waals surface area contributed by atoms with Gasteiger partial charge in [0.15, 0.2) is 0 Å². The summed E-state index contributed by atoms with van der Waals surface area (Å²) >= 11 is -1.81. The molecule has 0 rings (SSSR count). The summed E-state index contributed by atoms with van der Waals surface area (Å²) in [4.78, 5) is 24.3. The van der Waals surface area contributed by atoms with E-state index in [1.165, 1.54) is 0 Å². The minimum atomic E-state index is -5.14. The van der Waals surface area contributed by atoms with E-state index in [0.717, 1.165) is 0 Å². The van der Waals surface area contributed by atoms with Crippen LogP contribution in [0, 0.1) is 0 Å². The second-order valence-corrected chi connectivity index (χ2v) is 1.71. The van der Waals surface area contributed by atoms with Gasteiger partial charge in [0.25, 0.3) is 0 Å². The van der Waals surface area contributed by atoms with Crippen LogP contribution in [-0.2, 0) is 28.1 Å². The van der Waals surface area contributed by atoms with E-state index < -0.39 is 24.0 Å². The van der Waals surface area contributed by atoms with Gasteiger partial charge in [-0.25, -0.2) is 0 Å². The molecule has 0 atom stereocenters. The van der Waals surface area contributed by atoms with E-state index in [1.807, 2.05) is 0 Å². The van der Waals surface area contributed by atoms with Gasteiger partial charge in [-0.2, -0.15) is 0 Å². The standard InChI is InChI=1S/Mg.H3O4P.2O.V/c;1-5(2,3)4;;;/h;(H3,1,2,3,4);;;/q+2;;;;/p-2. The van der Waals surface area contributed by atoms with Crippen molar-refractivity contribution < 1.29 is 42.8 Å². The Morgan fingerprint density at radius 3 is 1.33 bits per heavy atom. The molecule has 0 heterocycles. The predicted molar refractivity (Wildman–Crippen MR) is 17.0 cm³/mol. The van der Waals surface area contributed by atoms with Crippen molar-refractivity contribution in [2.75, 3.05) is 0 Å². The van der Waals surface area contributed by atoms with Crippen LogP contribution >= 0.6 is 7.82 Å². The van der Waals surface area contributed by atoms with E-state index in [4.69, 9.17) is 26.6 Å². The van der Waals surface area contributed by atoms with Crippen molar-refractivity contribution in [1.82, 2.24) is 0 Å². The SMILES string of the molecule is O=P([O-])([O-])O.[Mg+2].[O]=[V]=[O]. The summed E-state index contributed by atoms with van der Waals surface area (Å²) in [5.74, 6) is 0. The first-order valence-electron chi connectivity index (χ1n) is 1.11. The fourth-order valence-electron chi connectivity index (χ4n) is 0. The van der Waals surface area contributed by atoms with Gasteiger partial charge >= 0.3 is 46.6 Å². The molecule has 9 heteroatoms. The van der Waals surface area contributed by atoms with Crippen LogP contribution in [0.2, 0.25) is 0 Å². The third kappa shape index (κ3) is 402. The van der Waals surface area contributed by atoms with Gasteiger partial charge in [0.1, 0.15) is 0 Å². The van der Waals surface area contributed by atoms with Crippen molar-refractivity contribution in [3.63, 3.8) is 0 Å². The van der Waals surface area contributed by atoms with Gasteiger partial charge < -0.3 is 19.2 Å². The molecular weight excluding hydrogens is 202 g/mol. The molecule has 0 aliphatic rings. The number of hydrogen-bond acceptors (Lipinski definition) is 5. The molecule has 1 N–H and O–H groups in total. The Labute approximate surface area is 73.6 Å². The summed E-state index contributed by atoms with van der Waals surface area (Å²) in [5, 5.41) is 0. The monoisotopic (exact) mass is 203 g/mol. The van der Waals surface area contributed by atoms with Crippen LogP contribution < -0.4 is 9.79 Å². The van der Waals surface area contributed by atoms with Crippen molar-refractivity contribution in [1.29, 1.82) is 0 Å². The van der Waals surface area contributed by atoms with E-state index >= 15 is 0 Å². The zero-order valence-electron chi connectivity index (χ0n) is 4.09. The first-order valence-corrected chi connectivity index (χ1v) is 3.75. The fourth-order valence-corrected chi connectivity index (χ4v) is 0. The van der Waals surface area contributed by atoms with Crippen molar-refractivity contribution >= 4 is 30.9 Å². The first-order chi connectivity index (χ1) is 3.41. The Morgan fingerprint density at radius 2 is 1.33 bits per heavy atom. The Morgan fingerprint density at radius 1 is 1.33 bits per heavy atom. The van der Waals surface area contributed by atoms with Crippen LogP contribution in [-0.4, -0.2) is 27.9 Å². The van der Waals surface area contributed by atoms with Crippen molar-refractivity contribution in [3.05, 3.63) is 0 Å². The number of rotatable bonds is 0. The average Bonchev–Trinajstić information content (AvgIpc) is 1.27. The topological polar surface area (TPSA) is 118 Å². The van der Waals surface area contributed by atoms with Gasteiger partial charge in [0.2, 0.25) is 0 Å². The predicted octanol–water partition coefficient (Wildman–Crippen LogP) is -2.81. The molecule has 0 fully saturated rings. The molecule has 0 aromatic carbocycles. The quantitative estimate of drug-likeness (QED) is 0.335. The Bertz CT molecular complexity index is 111. The molecular formula is HMgO6PV. The van der Waals surface area contributed by atoms with Crippen molar-refractivity contribution in [3.8, 4) is 0 Å². The second-order valence-electron chi connectivity index (χ2n) is 0.543. The molecule has 6 nitrogen and oxygen atoms in total. The molecule has 0 aromatic heterocycles. The Balaban J connectivity index is -0.0000000800. The third-order valence-corrected chi connectivity index (χ3v) is 0. The molecule has 0 aliphatic carbocycles. The van der Waals surface area contributed by atoms with Crippen LogP contribution in [0.5, 0.6) is 0 Å². The van der Waals surface area contributed by atoms with Gasteiger partial charge in [-0.15, -0.1) is 0 Å². The van der Waals surface area contributed by atoms with E-state index in [0.29, 0.717) is 0 Å². The molecule has 0 amide bonds. The van der Waals surface area contributed by atoms with Gasteiger partial charge in [0.05, 0.1) is 7.82 Å². The van der Waals surface area contributed by atoms with Gasteiger partial charge in [0, 0.05) is 0 Å². The molecule has 0 aromatic rings. The zero-order chi connectivity index (χ0) is 7.21. The van der Waals surface area contributed by atoms with Crippen LogP contribution in [0.4, 0.5) is 0 Å². The molecule has 0 bridgehead atoms. The molecule has 49 valence electrons. The van der Waals surface area contributed by atoms with Gasteiger partial charge in [-0.1, -0.05) is 0 Å². The van der Waals surface area contributed by atoms with E-state index in [1.54, 1.807) is 0 Å². The molecule has 0 radical (unpaired) electrons. The van der Waals surface area contributed by atoms with Crippen LogP contribution in [0.1, 0.15) is 0 Å². The van der Waals surface area contributed by atoms with Crippen molar-refractivity contribution in [2.45, 2.75) is 0 Å². The normalized spacial score (nSPS) is 7.44. The summed E-state index contributed by atoms with van der Waals surface area (Å²) in [6, 6.07) is 0. The fraction of sp³-hybridized carbons (Fsp3) is 0. The summed E-state index contributed by atoms with van der Waals surface area (Å²) in [6.07, 6.45) is 0. The number of hydrogen-bond donors (Lipinski definition) is 1.